The van der Waals surface area contributed by atoms with Crippen molar-refractivity contribution in [1.82, 2.24) is 0 Å². The van der Waals surface area contributed by atoms with Crippen LogP contribution in [-0.2, 0) is 19.1 Å². The van der Waals surface area contributed by atoms with E-state index in [4.69, 9.17) is 4.74 Å². The van der Waals surface area contributed by atoms with Gasteiger partial charge in [-0.05, 0) is 49.9 Å². The molecule has 116 valence electrons. The number of methoxy groups -OCH3 is 1. The standard InChI is InChI=1S/C17H24O4/c1-3-17(21-16(19)8-7-15(18)20-2)10-11-9-14(17)13-6-4-5-12(11)13/h7-8,11-14H,3-6,9-10H2,1-2H3/b8-7-. The predicted octanol–water partition coefficient (Wildman–Crippen LogP) is 2.86. The van der Waals surface area contributed by atoms with Gasteiger partial charge in [0.1, 0.15) is 5.60 Å². The van der Waals surface area contributed by atoms with Crippen molar-refractivity contribution < 1.29 is 19.1 Å². The molecule has 5 unspecified atom stereocenters. The van der Waals surface area contributed by atoms with Crippen LogP contribution in [-0.4, -0.2) is 24.6 Å². The van der Waals surface area contributed by atoms with Crippen LogP contribution in [0, 0.1) is 23.7 Å². The summed E-state index contributed by atoms with van der Waals surface area (Å²) in [5.41, 5.74) is -0.298. The highest BCUT2D eigenvalue weighted by molar-refractivity contribution is 5.91. The minimum absolute atomic E-state index is 0.298. The summed E-state index contributed by atoms with van der Waals surface area (Å²) in [7, 11) is 1.29. The lowest BCUT2D eigenvalue weighted by atomic mass is 9.71. The molecule has 3 fully saturated rings. The fraction of sp³-hybridized carbons (Fsp3) is 0.765. The van der Waals surface area contributed by atoms with E-state index in [2.05, 4.69) is 11.7 Å². The van der Waals surface area contributed by atoms with E-state index >= 15 is 0 Å². The van der Waals surface area contributed by atoms with Gasteiger partial charge in [-0.15, -0.1) is 0 Å². The average Bonchev–Trinajstić information content (AvgIpc) is 3.15. The highest BCUT2D eigenvalue weighted by atomic mass is 16.6. The van der Waals surface area contributed by atoms with E-state index in [-0.39, 0.29) is 5.60 Å². The molecule has 21 heavy (non-hydrogen) atoms. The zero-order valence-corrected chi connectivity index (χ0v) is 12.8. The molecule has 2 bridgehead atoms. The van der Waals surface area contributed by atoms with Crippen molar-refractivity contribution in [3.05, 3.63) is 12.2 Å². The van der Waals surface area contributed by atoms with Crippen molar-refractivity contribution in [2.24, 2.45) is 23.7 Å². The molecule has 0 aromatic rings. The molecule has 0 aliphatic heterocycles. The quantitative estimate of drug-likeness (QED) is 0.590. The van der Waals surface area contributed by atoms with Gasteiger partial charge in [0.05, 0.1) is 7.11 Å². The summed E-state index contributed by atoms with van der Waals surface area (Å²) >= 11 is 0. The Morgan fingerprint density at radius 3 is 2.62 bits per heavy atom. The summed E-state index contributed by atoms with van der Waals surface area (Å²) in [6.07, 6.45) is 9.42. The van der Waals surface area contributed by atoms with Crippen LogP contribution in [0.15, 0.2) is 12.2 Å². The maximum Gasteiger partial charge on any atom is 0.331 e. The first kappa shape index (κ1) is 14.6. The lowest BCUT2D eigenvalue weighted by molar-refractivity contribution is -0.164. The molecule has 0 amide bonds. The van der Waals surface area contributed by atoms with Crippen LogP contribution in [0.2, 0.25) is 0 Å². The van der Waals surface area contributed by atoms with Crippen LogP contribution in [0.25, 0.3) is 0 Å². The smallest absolute Gasteiger partial charge is 0.331 e. The second-order valence-electron chi connectivity index (χ2n) is 6.76. The maximum absolute atomic E-state index is 12.0. The van der Waals surface area contributed by atoms with Gasteiger partial charge in [0, 0.05) is 18.1 Å². The van der Waals surface area contributed by atoms with Gasteiger partial charge in [-0.3, -0.25) is 0 Å². The number of carbonyl (C=O) groups excluding carboxylic acids is 2. The molecule has 0 radical (unpaired) electrons. The van der Waals surface area contributed by atoms with Crippen LogP contribution >= 0.6 is 0 Å². The third-order valence-corrected chi connectivity index (χ3v) is 6.05. The first-order chi connectivity index (χ1) is 10.1. The molecule has 5 atom stereocenters. The van der Waals surface area contributed by atoms with E-state index in [0.29, 0.717) is 5.92 Å². The Morgan fingerprint density at radius 1 is 1.19 bits per heavy atom. The van der Waals surface area contributed by atoms with Crippen LogP contribution in [0.1, 0.15) is 45.4 Å². The highest BCUT2D eigenvalue weighted by Crippen LogP contribution is 2.64. The Hall–Kier alpha value is -1.32. The minimum Gasteiger partial charge on any atom is -0.466 e. The number of carbonyl (C=O) groups is 2. The maximum atomic E-state index is 12.0. The summed E-state index contributed by atoms with van der Waals surface area (Å²) in [6, 6.07) is 0. The largest absolute Gasteiger partial charge is 0.466 e. The summed E-state index contributed by atoms with van der Waals surface area (Å²) in [5, 5.41) is 0. The van der Waals surface area contributed by atoms with Crippen LogP contribution in [0.5, 0.6) is 0 Å². The number of hydrogen-bond donors (Lipinski definition) is 0. The Labute approximate surface area is 125 Å². The molecule has 0 saturated heterocycles. The van der Waals surface area contributed by atoms with Gasteiger partial charge in [0.25, 0.3) is 0 Å². The Morgan fingerprint density at radius 2 is 1.90 bits per heavy atom. The molecule has 0 spiro atoms. The number of ether oxygens (including phenoxy) is 2. The van der Waals surface area contributed by atoms with E-state index in [0.717, 1.165) is 36.7 Å². The lowest BCUT2D eigenvalue weighted by Gasteiger charge is -2.41. The third kappa shape index (κ3) is 2.39. The van der Waals surface area contributed by atoms with Crippen molar-refractivity contribution in [3.8, 4) is 0 Å². The summed E-state index contributed by atoms with van der Waals surface area (Å²) in [6.45, 7) is 2.11. The van der Waals surface area contributed by atoms with Crippen molar-refractivity contribution in [2.75, 3.05) is 7.11 Å². The molecule has 0 aromatic heterocycles. The molecule has 3 aliphatic carbocycles. The van der Waals surface area contributed by atoms with E-state index in [1.54, 1.807) is 0 Å². The molecule has 0 N–H and O–H groups in total. The van der Waals surface area contributed by atoms with Crippen molar-refractivity contribution >= 4 is 11.9 Å². The zero-order valence-electron chi connectivity index (χ0n) is 12.8. The number of rotatable bonds is 4. The normalized spacial score (nSPS) is 40.5. The number of hydrogen-bond acceptors (Lipinski definition) is 4. The lowest BCUT2D eigenvalue weighted by Crippen LogP contribution is -2.44. The predicted molar refractivity (Wildman–Crippen MR) is 77.3 cm³/mol. The molecule has 0 heterocycles. The molecule has 3 saturated carbocycles. The monoisotopic (exact) mass is 292 g/mol. The number of fused-ring (bicyclic) bond motifs is 5. The zero-order chi connectivity index (χ0) is 15.0. The molecule has 3 rings (SSSR count). The number of esters is 2. The summed E-state index contributed by atoms with van der Waals surface area (Å²) in [4.78, 5) is 23.1. The fourth-order valence-corrected chi connectivity index (χ4v) is 5.25. The second-order valence-corrected chi connectivity index (χ2v) is 6.76. The van der Waals surface area contributed by atoms with Gasteiger partial charge in [-0.1, -0.05) is 13.3 Å². The first-order valence-electron chi connectivity index (χ1n) is 8.08. The summed E-state index contributed by atoms with van der Waals surface area (Å²) < 4.78 is 10.3. The van der Waals surface area contributed by atoms with E-state index in [9.17, 15) is 9.59 Å². The third-order valence-electron chi connectivity index (χ3n) is 6.05. The van der Waals surface area contributed by atoms with Crippen molar-refractivity contribution in [3.63, 3.8) is 0 Å². The Bertz CT molecular complexity index is 469. The molecule has 4 heteroatoms. The van der Waals surface area contributed by atoms with E-state index in [1.807, 2.05) is 0 Å². The summed E-state index contributed by atoms with van der Waals surface area (Å²) in [5.74, 6) is 1.95. The average molecular weight is 292 g/mol. The van der Waals surface area contributed by atoms with Gasteiger partial charge in [0.15, 0.2) is 0 Å². The second kappa shape index (κ2) is 5.47. The van der Waals surface area contributed by atoms with Crippen molar-refractivity contribution in [1.29, 1.82) is 0 Å². The fourth-order valence-electron chi connectivity index (χ4n) is 5.25. The Balaban J connectivity index is 1.70. The van der Waals surface area contributed by atoms with Gasteiger partial charge in [-0.25, -0.2) is 9.59 Å². The molecular weight excluding hydrogens is 268 g/mol. The van der Waals surface area contributed by atoms with Gasteiger partial charge in [0.2, 0.25) is 0 Å². The SMILES string of the molecule is CCC1(OC(=O)/C=C\C(=O)OC)CC2CC1C1CCCC21. The Kier molecular flexibility index (Phi) is 3.80. The van der Waals surface area contributed by atoms with E-state index in [1.165, 1.54) is 38.9 Å². The topological polar surface area (TPSA) is 52.6 Å². The van der Waals surface area contributed by atoms with Gasteiger partial charge >= 0.3 is 11.9 Å². The van der Waals surface area contributed by atoms with Crippen LogP contribution < -0.4 is 0 Å². The van der Waals surface area contributed by atoms with Crippen LogP contribution in [0.3, 0.4) is 0 Å². The first-order valence-corrected chi connectivity index (χ1v) is 8.08. The highest BCUT2D eigenvalue weighted by Gasteiger charge is 2.61. The molecule has 4 nitrogen and oxygen atoms in total. The molecule has 3 aliphatic rings. The van der Waals surface area contributed by atoms with Crippen LogP contribution in [0.4, 0.5) is 0 Å². The van der Waals surface area contributed by atoms with Crippen molar-refractivity contribution in [2.45, 2.75) is 51.0 Å². The minimum atomic E-state index is -0.527. The van der Waals surface area contributed by atoms with Gasteiger partial charge in [-0.2, -0.15) is 0 Å². The molecular formula is C17H24O4. The van der Waals surface area contributed by atoms with E-state index < -0.39 is 11.9 Å². The van der Waals surface area contributed by atoms with Gasteiger partial charge < -0.3 is 9.47 Å². The molecule has 0 aromatic carbocycles.